The number of fused-ring (bicyclic) bond motifs is 9. The van der Waals surface area contributed by atoms with Gasteiger partial charge in [-0.1, -0.05) is 188 Å². The summed E-state index contributed by atoms with van der Waals surface area (Å²) in [5, 5.41) is 10.1. The van der Waals surface area contributed by atoms with Crippen LogP contribution in [0.5, 0.6) is 0 Å². The van der Waals surface area contributed by atoms with Gasteiger partial charge in [0.05, 0.1) is 0 Å². The molecule has 0 aliphatic carbocycles. The molecule has 12 aromatic rings. The van der Waals surface area contributed by atoms with E-state index in [4.69, 9.17) is 15.0 Å². The van der Waals surface area contributed by atoms with Gasteiger partial charge < -0.3 is 0 Å². The van der Waals surface area contributed by atoms with Crippen molar-refractivity contribution in [2.75, 3.05) is 0 Å². The van der Waals surface area contributed by atoms with E-state index in [1.807, 2.05) is 47.7 Å². The van der Waals surface area contributed by atoms with Crippen LogP contribution in [0.2, 0.25) is 0 Å². The summed E-state index contributed by atoms with van der Waals surface area (Å²) in [5.74, 6) is 1.97. The number of rotatable bonds is 6. The lowest BCUT2D eigenvalue weighted by Crippen LogP contribution is -2.00. The third kappa shape index (κ3) is 6.16. The standard InChI is InChI=1S/C57H35N3S/c1-3-13-40(14-4-1)55-58-56(41-15-5-2-6-16-41)60-57(59-55)51-34-43(35-53-54(51)49-21-11-12-22-52(49)61-53)39-29-25-37(26-30-39)36-23-27-38(28-24-36)42-31-32-48-46-19-8-7-17-44(46)45-18-9-10-20-47(45)50(48)33-42/h1-35H. The second kappa shape index (κ2) is 14.5. The summed E-state index contributed by atoms with van der Waals surface area (Å²) < 4.78 is 2.44. The number of nitrogens with zero attached hydrogens (tertiary/aromatic N) is 3. The minimum atomic E-state index is 0.653. The average molecular weight is 794 g/mol. The average Bonchev–Trinajstić information content (AvgIpc) is 3.73. The molecule has 3 nitrogen and oxygen atoms in total. The van der Waals surface area contributed by atoms with Gasteiger partial charge in [-0.2, -0.15) is 0 Å². The maximum Gasteiger partial charge on any atom is 0.164 e. The van der Waals surface area contributed by atoms with Gasteiger partial charge in [-0.25, -0.2) is 15.0 Å². The van der Waals surface area contributed by atoms with Crippen LogP contribution < -0.4 is 0 Å². The van der Waals surface area contributed by atoms with Gasteiger partial charge in [0.25, 0.3) is 0 Å². The number of benzene rings is 10. The van der Waals surface area contributed by atoms with E-state index in [-0.39, 0.29) is 0 Å². The first kappa shape index (κ1) is 35.2. The molecule has 10 aromatic carbocycles. The highest BCUT2D eigenvalue weighted by Gasteiger charge is 2.19. The van der Waals surface area contributed by atoms with Gasteiger partial charge >= 0.3 is 0 Å². The van der Waals surface area contributed by atoms with E-state index in [0.717, 1.165) is 27.8 Å². The Hall–Kier alpha value is -7.79. The molecule has 0 saturated heterocycles. The lowest BCUT2D eigenvalue weighted by atomic mass is 9.91. The van der Waals surface area contributed by atoms with Crippen LogP contribution in [0, 0.1) is 0 Å². The largest absolute Gasteiger partial charge is 0.208 e. The van der Waals surface area contributed by atoms with E-state index >= 15 is 0 Å². The minimum Gasteiger partial charge on any atom is -0.208 e. The van der Waals surface area contributed by atoms with Gasteiger partial charge in [-0.05, 0) is 90.0 Å². The molecule has 2 heterocycles. The van der Waals surface area contributed by atoms with E-state index in [1.165, 1.54) is 74.7 Å². The van der Waals surface area contributed by atoms with Crippen LogP contribution >= 0.6 is 11.3 Å². The van der Waals surface area contributed by atoms with Crippen LogP contribution in [-0.4, -0.2) is 15.0 Å². The van der Waals surface area contributed by atoms with Gasteiger partial charge in [0.15, 0.2) is 17.5 Å². The fraction of sp³-hybridized carbons (Fsp3) is 0. The van der Waals surface area contributed by atoms with Crippen molar-refractivity contribution < 1.29 is 0 Å². The fourth-order valence-corrected chi connectivity index (χ4v) is 10.1. The van der Waals surface area contributed by atoms with Gasteiger partial charge in [0.2, 0.25) is 0 Å². The van der Waals surface area contributed by atoms with Crippen molar-refractivity contribution in [1.82, 2.24) is 15.0 Å². The Bertz CT molecular complexity index is 3520. The van der Waals surface area contributed by atoms with E-state index < -0.39 is 0 Å². The van der Waals surface area contributed by atoms with Crippen molar-refractivity contribution in [2.24, 2.45) is 0 Å². The summed E-state index contributed by atoms with van der Waals surface area (Å²) in [5.41, 5.74) is 9.93. The first-order chi connectivity index (χ1) is 30.2. The second-order valence-electron chi connectivity index (χ2n) is 15.5. The highest BCUT2D eigenvalue weighted by molar-refractivity contribution is 7.26. The topological polar surface area (TPSA) is 38.7 Å². The normalized spacial score (nSPS) is 11.6. The lowest BCUT2D eigenvalue weighted by molar-refractivity contribution is 1.08. The molecule has 0 bridgehead atoms. The molecule has 0 N–H and O–H groups in total. The Morgan fingerprint density at radius 3 is 1.21 bits per heavy atom. The predicted octanol–water partition coefficient (Wildman–Crippen LogP) is 15.7. The second-order valence-corrected chi connectivity index (χ2v) is 16.6. The third-order valence-electron chi connectivity index (χ3n) is 11.9. The maximum absolute atomic E-state index is 5.18. The molecule has 284 valence electrons. The molecular formula is C57H35N3S. The predicted molar refractivity (Wildman–Crippen MR) is 258 cm³/mol. The Kier molecular flexibility index (Phi) is 8.36. The van der Waals surface area contributed by atoms with Crippen LogP contribution in [0.3, 0.4) is 0 Å². The molecule has 0 unspecified atom stereocenters. The Morgan fingerprint density at radius 1 is 0.246 bits per heavy atom. The quantitative estimate of drug-likeness (QED) is 0.157. The summed E-state index contributed by atoms with van der Waals surface area (Å²) in [6.07, 6.45) is 0. The van der Waals surface area contributed by atoms with Crippen LogP contribution in [0.15, 0.2) is 212 Å². The molecule has 0 radical (unpaired) electrons. The molecule has 4 heteroatoms. The summed E-state index contributed by atoms with van der Waals surface area (Å²) >= 11 is 1.81. The maximum atomic E-state index is 5.18. The molecule has 0 amide bonds. The SMILES string of the molecule is c1ccc(-c2nc(-c3ccccc3)nc(-c3cc(-c4ccc(-c5ccc(-c6ccc7c8ccccc8c8ccccc8c7c6)cc5)cc4)cc4sc5ccccc5c34)n2)cc1. The molecule has 0 atom stereocenters. The highest BCUT2D eigenvalue weighted by Crippen LogP contribution is 2.43. The van der Waals surface area contributed by atoms with E-state index in [0.29, 0.717) is 17.5 Å². The monoisotopic (exact) mass is 793 g/mol. The molecule has 61 heavy (non-hydrogen) atoms. The van der Waals surface area contributed by atoms with Crippen molar-refractivity contribution in [1.29, 1.82) is 0 Å². The summed E-state index contributed by atoms with van der Waals surface area (Å²) in [7, 11) is 0. The first-order valence-electron chi connectivity index (χ1n) is 20.6. The van der Waals surface area contributed by atoms with Crippen LogP contribution in [0.1, 0.15) is 0 Å². The summed E-state index contributed by atoms with van der Waals surface area (Å²) in [6.45, 7) is 0. The zero-order chi connectivity index (χ0) is 40.3. The van der Waals surface area contributed by atoms with E-state index in [9.17, 15) is 0 Å². The Labute approximate surface area is 356 Å². The van der Waals surface area contributed by atoms with Crippen LogP contribution in [-0.2, 0) is 0 Å². The van der Waals surface area contributed by atoms with Crippen molar-refractivity contribution in [3.63, 3.8) is 0 Å². The first-order valence-corrected chi connectivity index (χ1v) is 21.4. The van der Waals surface area contributed by atoms with Crippen LogP contribution in [0.25, 0.3) is 120 Å². The molecule has 12 rings (SSSR count). The van der Waals surface area contributed by atoms with Gasteiger partial charge in [0.1, 0.15) is 0 Å². The Morgan fingerprint density at radius 2 is 0.656 bits per heavy atom. The summed E-state index contributed by atoms with van der Waals surface area (Å²) in [6, 6.07) is 75.9. The number of thiophene rings is 1. The van der Waals surface area contributed by atoms with Crippen molar-refractivity contribution in [3.8, 4) is 67.5 Å². The fourth-order valence-electron chi connectivity index (χ4n) is 8.92. The molecule has 0 aliphatic rings. The van der Waals surface area contributed by atoms with E-state index in [1.54, 1.807) is 0 Å². The van der Waals surface area contributed by atoms with E-state index in [2.05, 4.69) is 176 Å². The highest BCUT2D eigenvalue weighted by atomic mass is 32.1. The molecule has 0 spiro atoms. The zero-order valence-electron chi connectivity index (χ0n) is 33.0. The van der Waals surface area contributed by atoms with Gasteiger partial charge in [0, 0.05) is 36.9 Å². The van der Waals surface area contributed by atoms with Gasteiger partial charge in [-0.3, -0.25) is 0 Å². The number of aromatic nitrogens is 3. The Balaban J connectivity index is 0.924. The smallest absolute Gasteiger partial charge is 0.164 e. The minimum absolute atomic E-state index is 0.653. The van der Waals surface area contributed by atoms with Crippen molar-refractivity contribution in [3.05, 3.63) is 212 Å². The van der Waals surface area contributed by atoms with Crippen molar-refractivity contribution >= 4 is 63.8 Å². The molecule has 0 aliphatic heterocycles. The van der Waals surface area contributed by atoms with Crippen molar-refractivity contribution in [2.45, 2.75) is 0 Å². The molecular weight excluding hydrogens is 759 g/mol. The molecule has 2 aromatic heterocycles. The molecule has 0 fully saturated rings. The third-order valence-corrected chi connectivity index (χ3v) is 13.1. The van der Waals surface area contributed by atoms with Crippen LogP contribution in [0.4, 0.5) is 0 Å². The molecule has 0 saturated carbocycles. The summed E-state index contributed by atoms with van der Waals surface area (Å²) in [4.78, 5) is 15.3. The number of hydrogen-bond donors (Lipinski definition) is 0. The zero-order valence-corrected chi connectivity index (χ0v) is 33.8. The number of hydrogen-bond acceptors (Lipinski definition) is 4. The van der Waals surface area contributed by atoms with Gasteiger partial charge in [-0.15, -0.1) is 11.3 Å². The lowest BCUT2D eigenvalue weighted by Gasteiger charge is -2.13.